The van der Waals surface area contributed by atoms with E-state index < -0.39 is 6.10 Å². The van der Waals surface area contributed by atoms with Crippen LogP contribution in [0.2, 0.25) is 0 Å². The highest BCUT2D eigenvalue weighted by Crippen LogP contribution is 1.81. The first-order valence-corrected chi connectivity index (χ1v) is 1.98. The van der Waals surface area contributed by atoms with Gasteiger partial charge in [-0.25, -0.2) is 0 Å². The Morgan fingerprint density at radius 2 is 2.33 bits per heavy atom. The quantitative estimate of drug-likeness (QED) is 0.479. The van der Waals surface area contributed by atoms with Gasteiger partial charge in [0.05, 0.1) is 6.10 Å². The second-order valence-electron chi connectivity index (χ2n) is 1.23. The molecule has 6 heavy (non-hydrogen) atoms. The van der Waals surface area contributed by atoms with Crippen molar-refractivity contribution >= 4 is 0 Å². The van der Waals surface area contributed by atoms with Gasteiger partial charge >= 0.3 is 0 Å². The molecule has 0 amide bonds. The second kappa shape index (κ2) is 3.12. The Labute approximate surface area is 38.0 Å². The summed E-state index contributed by atoms with van der Waals surface area (Å²) in [4.78, 5) is 0. The fraction of sp³-hybridized carbons (Fsp3) is 0.750. The summed E-state index contributed by atoms with van der Waals surface area (Å²) >= 11 is 0. The van der Waals surface area contributed by atoms with Crippen LogP contribution in [0.25, 0.3) is 0 Å². The molecule has 0 aromatic rings. The molecule has 0 saturated carbocycles. The fourth-order valence-electron chi connectivity index (χ4n) is 0.192. The Kier molecular flexibility index (Phi) is 3.08. The summed E-state index contributed by atoms with van der Waals surface area (Å²) < 4.78 is 0. The molecule has 0 heterocycles. The molecule has 0 aliphatic rings. The highest BCUT2D eigenvalue weighted by molar-refractivity contribution is 4.54. The molecule has 37 valence electrons. The summed E-state index contributed by atoms with van der Waals surface area (Å²) in [5, 5.41) is 8.36. The molecule has 3 N–H and O–H groups in total. The van der Waals surface area contributed by atoms with E-state index in [1.165, 1.54) is 0 Å². The number of aliphatic hydroxyl groups excluding tert-OH is 1. The van der Waals surface area contributed by atoms with E-state index >= 15 is 0 Å². The van der Waals surface area contributed by atoms with Gasteiger partial charge in [-0.05, 0) is 19.9 Å². The molecule has 2 nitrogen and oxygen atoms in total. The molecule has 0 unspecified atom stereocenters. The molecule has 0 aromatic heterocycles. The van der Waals surface area contributed by atoms with Crippen molar-refractivity contribution in [2.75, 3.05) is 6.54 Å². The lowest BCUT2D eigenvalue weighted by Gasteiger charge is -1.95. The predicted molar refractivity (Wildman–Crippen MR) is 25.0 cm³/mol. The first-order valence-electron chi connectivity index (χ1n) is 1.98. The smallest absolute Gasteiger partial charge is 0.0553 e. The number of hydrogen-bond donors (Lipinski definition) is 2. The minimum absolute atomic E-state index is 0.477. The van der Waals surface area contributed by atoms with Crippen LogP contribution in [0.4, 0.5) is 0 Å². The highest BCUT2D eigenvalue weighted by Gasteiger charge is 1.87. The van der Waals surface area contributed by atoms with Crippen molar-refractivity contribution in [1.82, 2.24) is 0 Å². The maximum atomic E-state index is 8.36. The maximum Gasteiger partial charge on any atom is 0.0553 e. The summed E-state index contributed by atoms with van der Waals surface area (Å²) in [5.74, 6) is 0. The number of aliphatic hydroxyl groups is 1. The summed E-state index contributed by atoms with van der Waals surface area (Å²) in [5.41, 5.74) is 5.03. The van der Waals surface area contributed by atoms with Gasteiger partial charge in [0.25, 0.3) is 0 Å². The predicted octanol–water partition coefficient (Wildman–Crippen LogP) is -0.470. The summed E-state index contributed by atoms with van der Waals surface area (Å²) in [6.45, 7) is 3.82. The molecule has 0 aliphatic carbocycles. The first-order chi connectivity index (χ1) is 2.77. The topological polar surface area (TPSA) is 46.2 Å². The SMILES string of the molecule is [CH2][C@H](O)CCN. The van der Waals surface area contributed by atoms with Crippen LogP contribution >= 0.6 is 0 Å². The van der Waals surface area contributed by atoms with Crippen LogP contribution in [0.5, 0.6) is 0 Å². The van der Waals surface area contributed by atoms with E-state index in [1.807, 2.05) is 0 Å². The Morgan fingerprint density at radius 1 is 1.83 bits per heavy atom. The van der Waals surface area contributed by atoms with Crippen molar-refractivity contribution in [2.45, 2.75) is 12.5 Å². The zero-order chi connectivity index (χ0) is 4.99. The first kappa shape index (κ1) is 5.92. The van der Waals surface area contributed by atoms with Crippen LogP contribution in [0.15, 0.2) is 0 Å². The van der Waals surface area contributed by atoms with Gasteiger partial charge in [-0.1, -0.05) is 0 Å². The van der Waals surface area contributed by atoms with Gasteiger partial charge in [-0.2, -0.15) is 0 Å². The van der Waals surface area contributed by atoms with Crippen molar-refractivity contribution in [2.24, 2.45) is 5.73 Å². The van der Waals surface area contributed by atoms with E-state index in [0.717, 1.165) is 0 Å². The maximum absolute atomic E-state index is 8.36. The van der Waals surface area contributed by atoms with Crippen LogP contribution in [-0.4, -0.2) is 17.8 Å². The van der Waals surface area contributed by atoms with Gasteiger partial charge in [0.2, 0.25) is 0 Å². The van der Waals surface area contributed by atoms with E-state index in [-0.39, 0.29) is 0 Å². The molecule has 0 fully saturated rings. The number of nitrogens with two attached hydrogens (primary N) is 1. The molecular formula is C4H10NO. The average Bonchev–Trinajstić information content (AvgIpc) is 1.35. The van der Waals surface area contributed by atoms with Crippen LogP contribution < -0.4 is 5.73 Å². The fourth-order valence-corrected chi connectivity index (χ4v) is 0.192. The van der Waals surface area contributed by atoms with E-state index in [9.17, 15) is 0 Å². The van der Waals surface area contributed by atoms with Gasteiger partial charge in [0.1, 0.15) is 0 Å². The highest BCUT2D eigenvalue weighted by atomic mass is 16.3. The van der Waals surface area contributed by atoms with E-state index in [4.69, 9.17) is 10.8 Å². The van der Waals surface area contributed by atoms with Crippen molar-refractivity contribution in [3.05, 3.63) is 6.92 Å². The van der Waals surface area contributed by atoms with Crippen LogP contribution in [0.3, 0.4) is 0 Å². The lowest BCUT2D eigenvalue weighted by Crippen LogP contribution is -2.08. The average molecular weight is 88.1 g/mol. The van der Waals surface area contributed by atoms with Crippen molar-refractivity contribution < 1.29 is 5.11 Å². The van der Waals surface area contributed by atoms with Crippen LogP contribution in [0, 0.1) is 6.92 Å². The van der Waals surface area contributed by atoms with Crippen molar-refractivity contribution in [3.63, 3.8) is 0 Å². The van der Waals surface area contributed by atoms with Gasteiger partial charge in [0, 0.05) is 0 Å². The zero-order valence-corrected chi connectivity index (χ0v) is 3.72. The monoisotopic (exact) mass is 88.1 g/mol. The largest absolute Gasteiger partial charge is 0.393 e. The molecule has 1 radical (unpaired) electrons. The summed E-state index contributed by atoms with van der Waals surface area (Å²) in [6.07, 6.45) is 0.120. The molecule has 0 spiro atoms. The third-order valence-corrected chi connectivity index (χ3v) is 0.500. The van der Waals surface area contributed by atoms with E-state index in [1.54, 1.807) is 0 Å². The third-order valence-electron chi connectivity index (χ3n) is 0.500. The van der Waals surface area contributed by atoms with Crippen molar-refractivity contribution in [3.8, 4) is 0 Å². The Balaban J connectivity index is 2.63. The molecule has 0 bridgehead atoms. The van der Waals surface area contributed by atoms with Gasteiger partial charge < -0.3 is 10.8 Å². The Morgan fingerprint density at radius 3 is 2.33 bits per heavy atom. The third kappa shape index (κ3) is 3.92. The zero-order valence-electron chi connectivity index (χ0n) is 3.72. The van der Waals surface area contributed by atoms with Crippen LogP contribution in [-0.2, 0) is 0 Å². The molecule has 0 aromatic carbocycles. The molecule has 0 rings (SSSR count). The molecule has 2 heteroatoms. The van der Waals surface area contributed by atoms with Crippen molar-refractivity contribution in [1.29, 1.82) is 0 Å². The standard InChI is InChI=1S/C4H10NO/c1-4(6)2-3-5/h4,6H,1-3,5H2/t4-/m0/s1. The molecule has 0 aliphatic heterocycles. The lowest BCUT2D eigenvalue weighted by molar-refractivity contribution is 0.213. The summed E-state index contributed by atoms with van der Waals surface area (Å²) in [7, 11) is 0. The Hall–Kier alpha value is -0.0800. The minimum atomic E-state index is -0.477. The second-order valence-corrected chi connectivity index (χ2v) is 1.23. The van der Waals surface area contributed by atoms with Gasteiger partial charge in [-0.3, -0.25) is 0 Å². The minimum Gasteiger partial charge on any atom is -0.393 e. The number of hydrogen-bond acceptors (Lipinski definition) is 2. The Bertz CT molecular complexity index is 28.7. The van der Waals surface area contributed by atoms with E-state index in [2.05, 4.69) is 6.92 Å². The molecule has 0 saturated heterocycles. The molecular weight excluding hydrogens is 78.0 g/mol. The van der Waals surface area contributed by atoms with Crippen LogP contribution in [0.1, 0.15) is 6.42 Å². The lowest BCUT2D eigenvalue weighted by atomic mass is 10.3. The van der Waals surface area contributed by atoms with Gasteiger partial charge in [-0.15, -0.1) is 0 Å². The molecule has 1 atom stereocenters. The van der Waals surface area contributed by atoms with Gasteiger partial charge in [0.15, 0.2) is 0 Å². The number of rotatable bonds is 2. The van der Waals surface area contributed by atoms with E-state index in [0.29, 0.717) is 13.0 Å². The summed E-state index contributed by atoms with van der Waals surface area (Å²) in [6, 6.07) is 0. The normalized spacial score (nSPS) is 14.5.